The number of benzene rings is 2. The summed E-state index contributed by atoms with van der Waals surface area (Å²) in [7, 11) is -3.55. The molecule has 0 aromatic heterocycles. The largest absolute Gasteiger partial charge is 0.493 e. The topological polar surface area (TPSA) is 97.4 Å². The van der Waals surface area contributed by atoms with E-state index in [1.165, 1.54) is 12.1 Å². The monoisotopic (exact) mass is 466 g/mol. The highest BCUT2D eigenvalue weighted by Gasteiger charge is 2.35. The molecule has 0 aliphatic heterocycles. The first-order chi connectivity index (χ1) is 15.1. The van der Waals surface area contributed by atoms with E-state index >= 15 is 0 Å². The number of esters is 1. The second kappa shape index (κ2) is 11.6. The lowest BCUT2D eigenvalue weighted by molar-refractivity contribution is -0.160. The Bertz CT molecular complexity index is 954. The van der Waals surface area contributed by atoms with Crippen LogP contribution in [0.1, 0.15) is 33.6 Å². The van der Waals surface area contributed by atoms with Crippen LogP contribution in [0.4, 0.5) is 0 Å². The van der Waals surface area contributed by atoms with Gasteiger partial charge in [0.15, 0.2) is 0 Å². The van der Waals surface area contributed by atoms with E-state index in [0.29, 0.717) is 49.9 Å². The second-order valence-electron chi connectivity index (χ2n) is 7.19. The van der Waals surface area contributed by atoms with Crippen LogP contribution in [-0.2, 0) is 19.6 Å². The zero-order valence-electron chi connectivity index (χ0n) is 18.8. The molecule has 0 fully saturated rings. The van der Waals surface area contributed by atoms with Crippen LogP contribution in [0.15, 0.2) is 48.5 Å². The standard InChI is InChI=1S/C23H30O8S/c1-5-23(3,22(24)27-6-2)30-20-12-8-18(9-13-20)28-16-7-17-29-19-10-14-21(15-11-19)31-32(4,25)26/h8-15H,5-7,16-17H2,1-4H3. The Morgan fingerprint density at radius 2 is 1.31 bits per heavy atom. The Balaban J connectivity index is 1.74. The number of carbonyl (C=O) groups excluding carboxylic acids is 1. The molecular weight excluding hydrogens is 436 g/mol. The van der Waals surface area contributed by atoms with Crippen molar-refractivity contribution in [2.45, 2.75) is 39.2 Å². The molecule has 2 aromatic rings. The summed E-state index contributed by atoms with van der Waals surface area (Å²) >= 11 is 0. The first-order valence-corrected chi connectivity index (χ1v) is 12.2. The average molecular weight is 467 g/mol. The maximum Gasteiger partial charge on any atom is 0.350 e. The Morgan fingerprint density at radius 3 is 1.75 bits per heavy atom. The first kappa shape index (κ1) is 25.3. The predicted molar refractivity (Wildman–Crippen MR) is 120 cm³/mol. The van der Waals surface area contributed by atoms with E-state index < -0.39 is 15.7 Å². The maximum atomic E-state index is 12.1. The minimum Gasteiger partial charge on any atom is -0.493 e. The van der Waals surface area contributed by atoms with E-state index in [2.05, 4.69) is 0 Å². The molecule has 0 radical (unpaired) electrons. The molecule has 0 N–H and O–H groups in total. The number of hydrogen-bond donors (Lipinski definition) is 0. The molecule has 0 bridgehead atoms. The van der Waals surface area contributed by atoms with Crippen molar-refractivity contribution in [3.8, 4) is 23.0 Å². The number of carbonyl (C=O) groups is 1. The molecule has 2 aromatic carbocycles. The van der Waals surface area contributed by atoms with Crippen LogP contribution in [0.25, 0.3) is 0 Å². The van der Waals surface area contributed by atoms with Crippen molar-refractivity contribution < 1.29 is 36.3 Å². The molecule has 0 spiro atoms. The summed E-state index contributed by atoms with van der Waals surface area (Å²) in [6.45, 7) is 6.53. The zero-order valence-corrected chi connectivity index (χ0v) is 19.6. The molecule has 2 rings (SSSR count). The van der Waals surface area contributed by atoms with Gasteiger partial charge in [0, 0.05) is 6.42 Å². The van der Waals surface area contributed by atoms with E-state index in [9.17, 15) is 13.2 Å². The molecule has 0 saturated heterocycles. The van der Waals surface area contributed by atoms with E-state index in [0.717, 1.165) is 6.26 Å². The van der Waals surface area contributed by atoms with Gasteiger partial charge in [0.25, 0.3) is 0 Å². The summed E-state index contributed by atoms with van der Waals surface area (Å²) in [5, 5.41) is 0. The number of ether oxygens (including phenoxy) is 4. The summed E-state index contributed by atoms with van der Waals surface area (Å²) in [5.74, 6) is 1.68. The molecule has 0 aliphatic carbocycles. The fraction of sp³-hybridized carbons (Fsp3) is 0.435. The molecule has 0 aliphatic rings. The van der Waals surface area contributed by atoms with Gasteiger partial charge in [-0.15, -0.1) is 0 Å². The predicted octanol–water partition coefficient (Wildman–Crippen LogP) is 3.98. The van der Waals surface area contributed by atoms with Crippen LogP contribution >= 0.6 is 0 Å². The highest BCUT2D eigenvalue weighted by molar-refractivity contribution is 7.86. The lowest BCUT2D eigenvalue weighted by atomic mass is 10.0. The minimum atomic E-state index is -3.55. The molecule has 8 nitrogen and oxygen atoms in total. The smallest absolute Gasteiger partial charge is 0.350 e. The number of hydrogen-bond acceptors (Lipinski definition) is 8. The fourth-order valence-corrected chi connectivity index (χ4v) is 3.07. The van der Waals surface area contributed by atoms with Crippen LogP contribution in [0.2, 0.25) is 0 Å². The van der Waals surface area contributed by atoms with Gasteiger partial charge in [-0.05, 0) is 68.8 Å². The Labute approximate surface area is 189 Å². The van der Waals surface area contributed by atoms with Gasteiger partial charge in [-0.25, -0.2) is 4.79 Å². The van der Waals surface area contributed by atoms with Gasteiger partial charge in [0.05, 0.1) is 26.1 Å². The van der Waals surface area contributed by atoms with Crippen molar-refractivity contribution in [2.24, 2.45) is 0 Å². The van der Waals surface area contributed by atoms with E-state index in [1.54, 1.807) is 50.2 Å². The van der Waals surface area contributed by atoms with E-state index in [-0.39, 0.29) is 11.7 Å². The first-order valence-electron chi connectivity index (χ1n) is 10.4. The van der Waals surface area contributed by atoms with Gasteiger partial charge < -0.3 is 23.1 Å². The van der Waals surface area contributed by atoms with Crippen LogP contribution in [0.5, 0.6) is 23.0 Å². The molecule has 0 heterocycles. The Kier molecular flexibility index (Phi) is 9.19. The summed E-state index contributed by atoms with van der Waals surface area (Å²) in [4.78, 5) is 12.1. The summed E-state index contributed by atoms with van der Waals surface area (Å²) in [5.41, 5.74) is -1.04. The van der Waals surface area contributed by atoms with Crippen LogP contribution < -0.4 is 18.4 Å². The van der Waals surface area contributed by atoms with Gasteiger partial charge in [-0.1, -0.05) is 6.92 Å². The van der Waals surface area contributed by atoms with Gasteiger partial charge >= 0.3 is 16.1 Å². The van der Waals surface area contributed by atoms with Gasteiger partial charge in [-0.3, -0.25) is 0 Å². The highest BCUT2D eigenvalue weighted by Crippen LogP contribution is 2.25. The minimum absolute atomic E-state index is 0.233. The molecular formula is C23H30O8S. The SMILES string of the molecule is CCOC(=O)C(C)(CC)Oc1ccc(OCCCOc2ccc(OS(C)(=O)=O)cc2)cc1. The third-order valence-electron chi connectivity index (χ3n) is 4.45. The quantitative estimate of drug-likeness (QED) is 0.248. The van der Waals surface area contributed by atoms with Gasteiger partial charge in [0.1, 0.15) is 23.0 Å². The normalized spacial score (nSPS) is 13.0. The van der Waals surface area contributed by atoms with Crippen LogP contribution in [0.3, 0.4) is 0 Å². The molecule has 176 valence electrons. The molecule has 1 atom stereocenters. The Morgan fingerprint density at radius 1 is 0.844 bits per heavy atom. The van der Waals surface area contributed by atoms with Crippen LogP contribution in [-0.4, -0.2) is 46.1 Å². The van der Waals surface area contributed by atoms with Crippen molar-refractivity contribution >= 4 is 16.1 Å². The molecule has 9 heteroatoms. The van der Waals surface area contributed by atoms with Crippen molar-refractivity contribution in [3.63, 3.8) is 0 Å². The summed E-state index contributed by atoms with van der Waals surface area (Å²) in [6.07, 6.45) is 2.12. The van der Waals surface area contributed by atoms with Gasteiger partial charge in [-0.2, -0.15) is 8.42 Å². The lowest BCUT2D eigenvalue weighted by Crippen LogP contribution is -2.42. The van der Waals surface area contributed by atoms with E-state index in [4.69, 9.17) is 23.1 Å². The fourth-order valence-electron chi connectivity index (χ4n) is 2.61. The molecule has 0 amide bonds. The molecule has 1 unspecified atom stereocenters. The molecule has 0 saturated carbocycles. The third kappa shape index (κ3) is 8.30. The maximum absolute atomic E-state index is 12.1. The van der Waals surface area contributed by atoms with Crippen molar-refractivity contribution in [3.05, 3.63) is 48.5 Å². The summed E-state index contributed by atoms with van der Waals surface area (Å²) in [6, 6.07) is 13.4. The van der Waals surface area contributed by atoms with Crippen molar-refractivity contribution in [1.29, 1.82) is 0 Å². The highest BCUT2D eigenvalue weighted by atomic mass is 32.2. The average Bonchev–Trinajstić information content (AvgIpc) is 2.75. The zero-order chi connectivity index (χ0) is 23.6. The Hall–Kier alpha value is -2.94. The van der Waals surface area contributed by atoms with Crippen molar-refractivity contribution in [1.82, 2.24) is 0 Å². The van der Waals surface area contributed by atoms with Gasteiger partial charge in [0.2, 0.25) is 5.60 Å². The number of rotatable bonds is 13. The third-order valence-corrected chi connectivity index (χ3v) is 4.94. The molecule has 32 heavy (non-hydrogen) atoms. The van der Waals surface area contributed by atoms with Crippen molar-refractivity contribution in [2.75, 3.05) is 26.1 Å². The lowest BCUT2D eigenvalue weighted by Gasteiger charge is -2.27. The van der Waals surface area contributed by atoms with Crippen LogP contribution in [0, 0.1) is 0 Å². The second-order valence-corrected chi connectivity index (χ2v) is 8.76. The van der Waals surface area contributed by atoms with E-state index in [1.807, 2.05) is 6.92 Å². The summed E-state index contributed by atoms with van der Waals surface area (Å²) < 4.78 is 49.2.